The van der Waals surface area contributed by atoms with E-state index in [4.69, 9.17) is 0 Å². The van der Waals surface area contributed by atoms with Crippen molar-refractivity contribution in [3.05, 3.63) is 60.0 Å². The van der Waals surface area contributed by atoms with E-state index in [-0.39, 0.29) is 5.91 Å². The number of carbonyl (C=O) groups excluding carboxylic acids is 1. The number of H-pyrrole nitrogens is 1. The maximum atomic E-state index is 12.8. The molecule has 5 nitrogen and oxygen atoms in total. The first-order valence-corrected chi connectivity index (χ1v) is 9.74. The molecule has 1 saturated heterocycles. The molecule has 0 radical (unpaired) electrons. The van der Waals surface area contributed by atoms with Crippen molar-refractivity contribution in [1.29, 1.82) is 0 Å². The molecule has 2 aromatic heterocycles. The SMILES string of the molecule is CC1CCCN(C(=O)c2cncc(NCCc3c[nH]c4ccccc34)c2)C1. The van der Waals surface area contributed by atoms with Crippen LogP contribution in [0.15, 0.2) is 48.9 Å². The lowest BCUT2D eigenvalue weighted by Crippen LogP contribution is -2.39. The van der Waals surface area contributed by atoms with Crippen molar-refractivity contribution in [3.63, 3.8) is 0 Å². The number of aromatic nitrogens is 2. The van der Waals surface area contributed by atoms with Crippen molar-refractivity contribution < 1.29 is 4.79 Å². The lowest BCUT2D eigenvalue weighted by molar-refractivity contribution is 0.0682. The number of anilines is 1. The normalized spacial score (nSPS) is 17.2. The number of rotatable bonds is 5. The third-order valence-corrected chi connectivity index (χ3v) is 5.33. The average molecular weight is 362 g/mol. The minimum Gasteiger partial charge on any atom is -0.383 e. The maximum absolute atomic E-state index is 12.8. The van der Waals surface area contributed by atoms with Crippen LogP contribution in [0.3, 0.4) is 0 Å². The zero-order valence-electron chi connectivity index (χ0n) is 15.7. The van der Waals surface area contributed by atoms with E-state index in [0.29, 0.717) is 11.5 Å². The van der Waals surface area contributed by atoms with E-state index in [0.717, 1.165) is 43.7 Å². The highest BCUT2D eigenvalue weighted by Crippen LogP contribution is 2.20. The summed E-state index contributed by atoms with van der Waals surface area (Å²) in [5.41, 5.74) is 4.02. The van der Waals surface area contributed by atoms with Crippen LogP contribution in [0.2, 0.25) is 0 Å². The van der Waals surface area contributed by atoms with Gasteiger partial charge in [-0.05, 0) is 42.9 Å². The summed E-state index contributed by atoms with van der Waals surface area (Å²) in [6.07, 6.45) is 8.73. The van der Waals surface area contributed by atoms with Gasteiger partial charge in [0.05, 0.1) is 11.3 Å². The topological polar surface area (TPSA) is 61.0 Å². The fourth-order valence-corrected chi connectivity index (χ4v) is 3.89. The smallest absolute Gasteiger partial charge is 0.255 e. The van der Waals surface area contributed by atoms with Gasteiger partial charge in [0.25, 0.3) is 5.91 Å². The number of aromatic amines is 1. The van der Waals surface area contributed by atoms with Crippen LogP contribution in [-0.2, 0) is 6.42 Å². The Labute approximate surface area is 159 Å². The van der Waals surface area contributed by atoms with Gasteiger partial charge >= 0.3 is 0 Å². The van der Waals surface area contributed by atoms with E-state index in [2.05, 4.69) is 46.6 Å². The number of nitrogens with zero attached hydrogens (tertiary/aromatic N) is 2. The molecule has 1 unspecified atom stereocenters. The van der Waals surface area contributed by atoms with E-state index in [9.17, 15) is 4.79 Å². The quantitative estimate of drug-likeness (QED) is 0.719. The van der Waals surface area contributed by atoms with Gasteiger partial charge in [-0.1, -0.05) is 25.1 Å². The summed E-state index contributed by atoms with van der Waals surface area (Å²) in [5.74, 6) is 0.669. The van der Waals surface area contributed by atoms with Gasteiger partial charge in [-0.15, -0.1) is 0 Å². The molecule has 5 heteroatoms. The van der Waals surface area contributed by atoms with Gasteiger partial charge in [-0.2, -0.15) is 0 Å². The average Bonchev–Trinajstić information content (AvgIpc) is 3.11. The number of likely N-dealkylation sites (tertiary alicyclic amines) is 1. The number of nitrogens with one attached hydrogen (secondary N) is 2. The van der Waals surface area contributed by atoms with Crippen molar-refractivity contribution in [3.8, 4) is 0 Å². The molecule has 1 amide bonds. The van der Waals surface area contributed by atoms with E-state index in [1.54, 1.807) is 12.4 Å². The zero-order chi connectivity index (χ0) is 18.6. The van der Waals surface area contributed by atoms with E-state index >= 15 is 0 Å². The summed E-state index contributed by atoms with van der Waals surface area (Å²) < 4.78 is 0. The number of para-hydroxylation sites is 1. The molecule has 1 aliphatic heterocycles. The maximum Gasteiger partial charge on any atom is 0.255 e. The standard InChI is InChI=1S/C22H26N4O/c1-16-5-4-10-26(15-16)22(27)18-11-19(14-23-12-18)24-9-8-17-13-25-21-7-3-2-6-20(17)21/h2-3,6-7,11-14,16,24-25H,4-5,8-10,15H2,1H3. The summed E-state index contributed by atoms with van der Waals surface area (Å²) in [7, 11) is 0. The summed E-state index contributed by atoms with van der Waals surface area (Å²) >= 11 is 0. The van der Waals surface area contributed by atoms with Gasteiger partial charge in [0.1, 0.15) is 0 Å². The summed E-state index contributed by atoms with van der Waals surface area (Å²) in [5, 5.41) is 4.67. The molecule has 0 spiro atoms. The summed E-state index contributed by atoms with van der Waals surface area (Å²) in [4.78, 5) is 22.3. The second-order valence-corrected chi connectivity index (χ2v) is 7.50. The Kier molecular flexibility index (Phi) is 5.10. The molecule has 3 heterocycles. The van der Waals surface area contributed by atoms with Crippen LogP contribution in [0.25, 0.3) is 10.9 Å². The Bertz CT molecular complexity index is 933. The number of carbonyl (C=O) groups is 1. The number of hydrogen-bond donors (Lipinski definition) is 2. The third-order valence-electron chi connectivity index (χ3n) is 5.33. The molecule has 0 aliphatic carbocycles. The molecule has 1 atom stereocenters. The van der Waals surface area contributed by atoms with Crippen LogP contribution in [0.4, 0.5) is 5.69 Å². The molecule has 2 N–H and O–H groups in total. The first-order chi connectivity index (χ1) is 13.2. The zero-order valence-corrected chi connectivity index (χ0v) is 15.7. The van der Waals surface area contributed by atoms with Gasteiger partial charge in [0, 0.05) is 49.1 Å². The highest BCUT2D eigenvalue weighted by atomic mass is 16.2. The summed E-state index contributed by atoms with van der Waals surface area (Å²) in [6, 6.07) is 10.3. The second kappa shape index (κ2) is 7.82. The molecule has 1 fully saturated rings. The molecule has 3 aromatic rings. The lowest BCUT2D eigenvalue weighted by atomic mass is 10.00. The Hall–Kier alpha value is -2.82. The molecule has 140 valence electrons. The largest absolute Gasteiger partial charge is 0.383 e. The fourth-order valence-electron chi connectivity index (χ4n) is 3.89. The Balaban J connectivity index is 1.38. The highest BCUT2D eigenvalue weighted by Gasteiger charge is 2.22. The molecular formula is C22H26N4O. The van der Waals surface area contributed by atoms with Crippen LogP contribution < -0.4 is 5.32 Å². The molecule has 0 saturated carbocycles. The number of benzene rings is 1. The molecular weight excluding hydrogens is 336 g/mol. The van der Waals surface area contributed by atoms with Gasteiger partial charge in [0.15, 0.2) is 0 Å². The predicted octanol–water partition coefficient (Wildman–Crippen LogP) is 4.09. The first-order valence-electron chi connectivity index (χ1n) is 9.74. The molecule has 0 bridgehead atoms. The highest BCUT2D eigenvalue weighted by molar-refractivity contribution is 5.94. The van der Waals surface area contributed by atoms with Crippen LogP contribution in [0.1, 0.15) is 35.7 Å². The number of hydrogen-bond acceptors (Lipinski definition) is 3. The van der Waals surface area contributed by atoms with Crippen molar-refractivity contribution in [2.45, 2.75) is 26.2 Å². The first kappa shape index (κ1) is 17.6. The number of fused-ring (bicyclic) bond motifs is 1. The molecule has 27 heavy (non-hydrogen) atoms. The second-order valence-electron chi connectivity index (χ2n) is 7.50. The van der Waals surface area contributed by atoms with E-state index in [1.165, 1.54) is 17.4 Å². The van der Waals surface area contributed by atoms with Crippen molar-refractivity contribution >= 4 is 22.5 Å². The summed E-state index contributed by atoms with van der Waals surface area (Å²) in [6.45, 7) is 4.70. The van der Waals surface area contributed by atoms with Crippen molar-refractivity contribution in [2.24, 2.45) is 5.92 Å². The fraction of sp³-hybridized carbons (Fsp3) is 0.364. The van der Waals surface area contributed by atoms with Crippen LogP contribution in [-0.4, -0.2) is 40.4 Å². The monoisotopic (exact) mass is 362 g/mol. The number of piperidine rings is 1. The van der Waals surface area contributed by atoms with E-state index < -0.39 is 0 Å². The Morgan fingerprint density at radius 3 is 3.11 bits per heavy atom. The number of pyridine rings is 1. The van der Waals surface area contributed by atoms with Crippen molar-refractivity contribution in [2.75, 3.05) is 25.0 Å². The van der Waals surface area contributed by atoms with E-state index in [1.807, 2.05) is 17.0 Å². The van der Waals surface area contributed by atoms with Gasteiger partial charge in [-0.25, -0.2) is 0 Å². The molecule has 4 rings (SSSR count). The molecule has 1 aromatic carbocycles. The Morgan fingerprint density at radius 1 is 1.33 bits per heavy atom. The van der Waals surface area contributed by atoms with Crippen LogP contribution >= 0.6 is 0 Å². The minimum absolute atomic E-state index is 0.0920. The van der Waals surface area contributed by atoms with Gasteiger partial charge in [0.2, 0.25) is 0 Å². The minimum atomic E-state index is 0.0920. The van der Waals surface area contributed by atoms with Crippen LogP contribution in [0.5, 0.6) is 0 Å². The molecule has 1 aliphatic rings. The third kappa shape index (κ3) is 3.97. The lowest BCUT2D eigenvalue weighted by Gasteiger charge is -2.31. The van der Waals surface area contributed by atoms with Gasteiger partial charge in [-0.3, -0.25) is 9.78 Å². The van der Waals surface area contributed by atoms with Crippen LogP contribution in [0, 0.1) is 5.92 Å². The Morgan fingerprint density at radius 2 is 2.22 bits per heavy atom. The van der Waals surface area contributed by atoms with Crippen molar-refractivity contribution in [1.82, 2.24) is 14.9 Å². The van der Waals surface area contributed by atoms with Gasteiger partial charge < -0.3 is 15.2 Å². The predicted molar refractivity (Wildman–Crippen MR) is 109 cm³/mol. The number of amides is 1.